The first-order chi connectivity index (χ1) is 12.8. The Morgan fingerprint density at radius 3 is 2.48 bits per heavy atom. The number of aryl methyl sites for hydroxylation is 1. The van der Waals surface area contributed by atoms with Crippen LogP contribution in [0.3, 0.4) is 0 Å². The van der Waals surface area contributed by atoms with E-state index in [-0.39, 0.29) is 23.1 Å². The number of anilines is 1. The van der Waals surface area contributed by atoms with E-state index in [1.165, 1.54) is 0 Å². The molecule has 1 fully saturated rings. The quantitative estimate of drug-likeness (QED) is 0.893. The first-order valence-electron chi connectivity index (χ1n) is 9.19. The van der Waals surface area contributed by atoms with E-state index in [0.29, 0.717) is 37.4 Å². The number of rotatable bonds is 3. The second-order valence-corrected chi connectivity index (χ2v) is 8.01. The van der Waals surface area contributed by atoms with E-state index < -0.39 is 0 Å². The molecule has 8 heteroatoms. The number of amides is 2. The van der Waals surface area contributed by atoms with Crippen LogP contribution in [0.2, 0.25) is 0 Å². The van der Waals surface area contributed by atoms with Gasteiger partial charge >= 0.3 is 0 Å². The first-order valence-corrected chi connectivity index (χ1v) is 9.19. The number of carbonyl (C=O) groups is 2. The van der Waals surface area contributed by atoms with Gasteiger partial charge in [0.15, 0.2) is 5.82 Å². The number of nitrogens with zero attached hydrogens (tertiary/aromatic N) is 5. The van der Waals surface area contributed by atoms with Crippen LogP contribution in [0.1, 0.15) is 33.6 Å². The van der Waals surface area contributed by atoms with Gasteiger partial charge in [-0.1, -0.05) is 32.9 Å². The van der Waals surface area contributed by atoms with E-state index in [4.69, 9.17) is 0 Å². The average molecular weight is 370 g/mol. The highest BCUT2D eigenvalue weighted by Crippen LogP contribution is 2.25. The monoisotopic (exact) mass is 370 g/mol. The lowest BCUT2D eigenvalue weighted by molar-refractivity contribution is -0.142. The summed E-state index contributed by atoms with van der Waals surface area (Å²) in [5, 5.41) is 14.5. The normalized spacial score (nSPS) is 15.6. The molecule has 1 saturated heterocycles. The Balaban J connectivity index is 1.61. The number of piperidine rings is 1. The number of tetrazole rings is 1. The summed E-state index contributed by atoms with van der Waals surface area (Å²) in [7, 11) is 1.77. The molecule has 0 spiro atoms. The lowest BCUT2D eigenvalue weighted by Crippen LogP contribution is -2.45. The standard InChI is InChI=1S/C19H26N6O2/c1-19(2,3)18(27)25-10-8-13(9-11-25)17(26)20-15-7-5-6-14(12-15)16-21-22-23-24(16)4/h5-7,12-13H,8-11H2,1-4H3,(H,20,26). The molecule has 0 unspecified atom stereocenters. The summed E-state index contributed by atoms with van der Waals surface area (Å²) in [6.45, 7) is 7.02. The Hall–Kier alpha value is -2.77. The lowest BCUT2D eigenvalue weighted by atomic mass is 9.90. The fourth-order valence-corrected chi connectivity index (χ4v) is 3.27. The third kappa shape index (κ3) is 4.32. The van der Waals surface area contributed by atoms with Gasteiger partial charge in [-0.3, -0.25) is 9.59 Å². The zero-order valence-electron chi connectivity index (χ0n) is 16.3. The third-order valence-electron chi connectivity index (χ3n) is 4.80. The third-order valence-corrected chi connectivity index (χ3v) is 4.80. The fraction of sp³-hybridized carbons (Fsp3) is 0.526. The van der Waals surface area contributed by atoms with Gasteiger partial charge in [0.1, 0.15) is 0 Å². The minimum Gasteiger partial charge on any atom is -0.342 e. The average Bonchev–Trinajstić information content (AvgIpc) is 3.06. The van der Waals surface area contributed by atoms with E-state index in [1.54, 1.807) is 11.7 Å². The smallest absolute Gasteiger partial charge is 0.227 e. The molecule has 0 aliphatic carbocycles. The highest BCUT2D eigenvalue weighted by Gasteiger charge is 2.32. The van der Waals surface area contributed by atoms with E-state index in [9.17, 15) is 9.59 Å². The van der Waals surface area contributed by atoms with E-state index in [2.05, 4.69) is 20.8 Å². The molecule has 8 nitrogen and oxygen atoms in total. The van der Waals surface area contributed by atoms with E-state index in [0.717, 1.165) is 5.56 Å². The number of aromatic nitrogens is 4. The highest BCUT2D eigenvalue weighted by molar-refractivity contribution is 5.93. The van der Waals surface area contributed by atoms with Gasteiger partial charge in [0, 0.05) is 42.7 Å². The summed E-state index contributed by atoms with van der Waals surface area (Å²) >= 11 is 0. The molecule has 1 aromatic carbocycles. The van der Waals surface area contributed by atoms with Gasteiger partial charge in [-0.05, 0) is 35.4 Å². The molecular weight excluding hydrogens is 344 g/mol. The van der Waals surface area contributed by atoms with Crippen LogP contribution in [0.15, 0.2) is 24.3 Å². The van der Waals surface area contributed by atoms with Crippen LogP contribution in [0.5, 0.6) is 0 Å². The maximum atomic E-state index is 12.6. The Morgan fingerprint density at radius 1 is 1.19 bits per heavy atom. The van der Waals surface area contributed by atoms with Crippen LogP contribution >= 0.6 is 0 Å². The number of likely N-dealkylation sites (tertiary alicyclic amines) is 1. The van der Waals surface area contributed by atoms with Crippen molar-refractivity contribution in [3.63, 3.8) is 0 Å². The van der Waals surface area contributed by atoms with Gasteiger partial charge in [-0.2, -0.15) is 0 Å². The van der Waals surface area contributed by atoms with Crippen molar-refractivity contribution >= 4 is 17.5 Å². The second kappa shape index (κ2) is 7.46. The van der Waals surface area contributed by atoms with Gasteiger partial charge in [-0.25, -0.2) is 4.68 Å². The van der Waals surface area contributed by atoms with Crippen LogP contribution in [-0.4, -0.2) is 50.0 Å². The second-order valence-electron chi connectivity index (χ2n) is 8.01. The molecule has 0 saturated carbocycles. The molecule has 2 aromatic rings. The Bertz CT molecular complexity index is 831. The van der Waals surface area contributed by atoms with Crippen LogP contribution in [-0.2, 0) is 16.6 Å². The van der Waals surface area contributed by atoms with Crippen molar-refractivity contribution in [3.05, 3.63) is 24.3 Å². The summed E-state index contributed by atoms with van der Waals surface area (Å²) in [6, 6.07) is 7.48. The van der Waals surface area contributed by atoms with Crippen LogP contribution in [0.25, 0.3) is 11.4 Å². The maximum Gasteiger partial charge on any atom is 0.227 e. The molecule has 1 aromatic heterocycles. The van der Waals surface area contributed by atoms with Crippen LogP contribution in [0.4, 0.5) is 5.69 Å². The van der Waals surface area contributed by atoms with Crippen molar-refractivity contribution < 1.29 is 9.59 Å². The molecule has 1 aliphatic heterocycles. The van der Waals surface area contributed by atoms with Crippen molar-refractivity contribution in [2.45, 2.75) is 33.6 Å². The van der Waals surface area contributed by atoms with E-state index >= 15 is 0 Å². The number of benzene rings is 1. The summed E-state index contributed by atoms with van der Waals surface area (Å²) in [4.78, 5) is 26.9. The van der Waals surface area contributed by atoms with Gasteiger partial charge in [0.25, 0.3) is 0 Å². The predicted molar refractivity (Wildman–Crippen MR) is 102 cm³/mol. The van der Waals surface area contributed by atoms with Crippen LogP contribution in [0, 0.1) is 11.3 Å². The number of hydrogen-bond acceptors (Lipinski definition) is 5. The molecule has 0 atom stereocenters. The zero-order valence-corrected chi connectivity index (χ0v) is 16.3. The summed E-state index contributed by atoms with van der Waals surface area (Å²) < 4.78 is 1.59. The summed E-state index contributed by atoms with van der Waals surface area (Å²) in [5.41, 5.74) is 1.17. The minimum atomic E-state index is -0.385. The molecule has 1 N–H and O–H groups in total. The molecule has 0 radical (unpaired) electrons. The fourth-order valence-electron chi connectivity index (χ4n) is 3.27. The Labute approximate surface area is 158 Å². The minimum absolute atomic E-state index is 0.00824. The van der Waals surface area contributed by atoms with Gasteiger partial charge < -0.3 is 10.2 Å². The van der Waals surface area contributed by atoms with Crippen LogP contribution < -0.4 is 5.32 Å². The molecule has 2 heterocycles. The molecule has 27 heavy (non-hydrogen) atoms. The number of hydrogen-bond donors (Lipinski definition) is 1. The first kappa shape index (κ1) is 19.0. The SMILES string of the molecule is Cn1nnnc1-c1cccc(NC(=O)C2CCN(C(=O)C(C)(C)C)CC2)c1. The number of nitrogens with one attached hydrogen (secondary N) is 1. The molecule has 1 aliphatic rings. The van der Waals surface area contributed by atoms with Crippen molar-refractivity contribution in [1.29, 1.82) is 0 Å². The largest absolute Gasteiger partial charge is 0.342 e. The van der Waals surface area contributed by atoms with Gasteiger partial charge in [-0.15, -0.1) is 5.10 Å². The highest BCUT2D eigenvalue weighted by atomic mass is 16.2. The lowest BCUT2D eigenvalue weighted by Gasteiger charge is -2.35. The van der Waals surface area contributed by atoms with E-state index in [1.807, 2.05) is 49.9 Å². The summed E-state index contributed by atoms with van der Waals surface area (Å²) in [5.74, 6) is 0.687. The van der Waals surface area contributed by atoms with Gasteiger partial charge in [0.2, 0.25) is 11.8 Å². The molecule has 0 bridgehead atoms. The van der Waals surface area contributed by atoms with Crippen molar-refractivity contribution in [2.24, 2.45) is 18.4 Å². The molecular formula is C19H26N6O2. The Kier molecular flexibility index (Phi) is 5.25. The molecule has 144 valence electrons. The molecule has 3 rings (SSSR count). The topological polar surface area (TPSA) is 93.0 Å². The number of carbonyl (C=O) groups excluding carboxylic acids is 2. The predicted octanol–water partition coefficient (Wildman–Crippen LogP) is 2.10. The van der Waals surface area contributed by atoms with Crippen molar-refractivity contribution in [3.8, 4) is 11.4 Å². The molecule has 2 amide bonds. The Morgan fingerprint density at radius 2 is 1.89 bits per heavy atom. The summed E-state index contributed by atoms with van der Waals surface area (Å²) in [6.07, 6.45) is 1.36. The van der Waals surface area contributed by atoms with Crippen molar-refractivity contribution in [1.82, 2.24) is 25.1 Å². The maximum absolute atomic E-state index is 12.6. The zero-order chi connectivity index (χ0) is 19.6. The van der Waals surface area contributed by atoms with Crippen molar-refractivity contribution in [2.75, 3.05) is 18.4 Å². The van der Waals surface area contributed by atoms with Gasteiger partial charge in [0.05, 0.1) is 0 Å².